The van der Waals surface area contributed by atoms with Gasteiger partial charge in [0, 0.05) is 0 Å². The van der Waals surface area contributed by atoms with Crippen LogP contribution in [0.3, 0.4) is 0 Å². The molecule has 0 N–H and O–H groups in total. The molecule has 51 heavy (non-hydrogen) atoms. The van der Waals surface area contributed by atoms with Crippen LogP contribution in [0.5, 0.6) is 0 Å². The maximum absolute atomic E-state index is 5.36. The summed E-state index contributed by atoms with van der Waals surface area (Å²) in [7, 11) is 0. The Morgan fingerprint density at radius 2 is 1.10 bits per heavy atom. The summed E-state index contributed by atoms with van der Waals surface area (Å²) in [5.74, 6) is 0. The van der Waals surface area contributed by atoms with Crippen molar-refractivity contribution in [3.8, 4) is 33.8 Å². The van der Waals surface area contributed by atoms with Gasteiger partial charge in [-0.1, -0.05) is 0 Å². The van der Waals surface area contributed by atoms with E-state index in [1.165, 1.54) is 63.3 Å². The molecule has 238 valence electrons. The van der Waals surface area contributed by atoms with E-state index in [0.717, 1.165) is 33.7 Å². The topological polar surface area (TPSA) is 35.6 Å². The van der Waals surface area contributed by atoms with Crippen molar-refractivity contribution in [1.29, 1.82) is 0 Å². The van der Waals surface area contributed by atoms with E-state index in [1.54, 1.807) is 0 Å². The first-order chi connectivity index (χ1) is 25.3. The van der Waals surface area contributed by atoms with Gasteiger partial charge in [-0.2, -0.15) is 0 Å². The number of benzene rings is 6. The average molecular weight is 716 g/mol. The fourth-order valence-electron chi connectivity index (χ4n) is 7.97. The van der Waals surface area contributed by atoms with Gasteiger partial charge in [0.05, 0.1) is 0 Å². The molecule has 0 fully saturated rings. The summed E-state index contributed by atoms with van der Waals surface area (Å²) in [6, 6.07) is 58.9. The zero-order valence-electron chi connectivity index (χ0n) is 27.4. The van der Waals surface area contributed by atoms with Crippen LogP contribution in [0.15, 0.2) is 170 Å². The van der Waals surface area contributed by atoms with Gasteiger partial charge in [-0.25, -0.2) is 0 Å². The molecule has 0 bridgehead atoms. The Bertz CT molecular complexity index is 3130. The van der Waals surface area contributed by atoms with Crippen molar-refractivity contribution in [1.82, 2.24) is 19.1 Å². The normalized spacial score (nSPS) is 11.9. The van der Waals surface area contributed by atoms with Gasteiger partial charge < -0.3 is 0 Å². The van der Waals surface area contributed by atoms with Gasteiger partial charge in [0.15, 0.2) is 0 Å². The molecule has 0 amide bonds. The van der Waals surface area contributed by atoms with E-state index in [1.807, 2.05) is 6.20 Å². The fraction of sp³-hybridized carbons (Fsp3) is 0. The summed E-state index contributed by atoms with van der Waals surface area (Å²) in [6.07, 6.45) is 1.96. The standard InChI is InChI=1S/C46H28N4Se/c1-3-12-30(13-4-1)49-39-20-9-7-16-32(39)34-23-22-29(28-41(34)49)38-24-25-42-43(48-38)44-46(51-42)37(26-27-47-44)36-19-11-18-35-33-17-8-10-21-40(33)50(45(35)36)31-14-5-2-6-15-31/h1-28H. The second-order valence-electron chi connectivity index (χ2n) is 13.0. The molecule has 5 heterocycles. The Labute approximate surface area is 299 Å². The summed E-state index contributed by atoms with van der Waals surface area (Å²) in [5, 5.41) is 5.00. The summed E-state index contributed by atoms with van der Waals surface area (Å²) in [6.45, 7) is 0. The van der Waals surface area contributed by atoms with Gasteiger partial charge in [-0.15, -0.1) is 0 Å². The van der Waals surface area contributed by atoms with Crippen LogP contribution in [0.1, 0.15) is 0 Å². The Hall–Kier alpha value is -6.26. The number of rotatable bonds is 4. The molecule has 0 spiro atoms. The Kier molecular flexibility index (Phi) is 6.23. The van der Waals surface area contributed by atoms with Crippen molar-refractivity contribution >= 4 is 77.7 Å². The first kappa shape index (κ1) is 28.6. The van der Waals surface area contributed by atoms with Crippen molar-refractivity contribution in [3.05, 3.63) is 170 Å². The Balaban J connectivity index is 1.12. The predicted octanol–water partition coefficient (Wildman–Crippen LogP) is 11.4. The summed E-state index contributed by atoms with van der Waals surface area (Å²) >= 11 is 0.0647. The monoisotopic (exact) mass is 716 g/mol. The SMILES string of the molecule is c1ccc(-n2c3ccccc3c3ccc(-c4ccc5[se]c6c(-c7cccc8c9ccccc9n(-c9ccccc9)c78)ccnc6c5n4)cc32)cc1. The molecule has 0 aliphatic rings. The van der Waals surface area contributed by atoms with E-state index in [2.05, 4.69) is 173 Å². The third kappa shape index (κ3) is 4.26. The van der Waals surface area contributed by atoms with Crippen LogP contribution in [-0.2, 0) is 0 Å². The summed E-state index contributed by atoms with van der Waals surface area (Å²) in [4.78, 5) is 10.4. The number of nitrogens with zero attached hydrogens (tertiary/aromatic N) is 4. The predicted molar refractivity (Wildman–Crippen MR) is 214 cm³/mol. The van der Waals surface area contributed by atoms with E-state index in [4.69, 9.17) is 9.97 Å². The molecule has 11 aromatic rings. The molecule has 5 heteroatoms. The average Bonchev–Trinajstić information content (AvgIpc) is 3.86. The maximum atomic E-state index is 5.36. The molecule has 5 aromatic heterocycles. The molecule has 0 radical (unpaired) electrons. The van der Waals surface area contributed by atoms with Crippen molar-refractivity contribution in [3.63, 3.8) is 0 Å². The molecular weight excluding hydrogens is 687 g/mol. The molecular formula is C46H28N4Se. The molecule has 11 rings (SSSR count). The molecule has 0 unspecified atom stereocenters. The van der Waals surface area contributed by atoms with Gasteiger partial charge >= 0.3 is 301 Å². The molecule has 6 aromatic carbocycles. The quantitative estimate of drug-likeness (QED) is 0.170. The number of hydrogen-bond donors (Lipinski definition) is 0. The van der Waals surface area contributed by atoms with Gasteiger partial charge in [0.1, 0.15) is 0 Å². The van der Waals surface area contributed by atoms with Crippen LogP contribution < -0.4 is 0 Å². The minimum atomic E-state index is 0.0647. The van der Waals surface area contributed by atoms with Gasteiger partial charge in [-0.05, 0) is 0 Å². The first-order valence-corrected chi connectivity index (χ1v) is 18.9. The zero-order chi connectivity index (χ0) is 33.5. The number of aromatic nitrogens is 4. The summed E-state index contributed by atoms with van der Waals surface area (Å²) in [5.41, 5.74) is 13.6. The van der Waals surface area contributed by atoms with Crippen LogP contribution in [0.4, 0.5) is 0 Å². The molecule has 0 atom stereocenters. The van der Waals surface area contributed by atoms with Crippen LogP contribution in [0.2, 0.25) is 0 Å². The van der Waals surface area contributed by atoms with Crippen LogP contribution >= 0.6 is 0 Å². The van der Waals surface area contributed by atoms with E-state index in [0.29, 0.717) is 0 Å². The van der Waals surface area contributed by atoms with Gasteiger partial charge in [-0.3, -0.25) is 0 Å². The van der Waals surface area contributed by atoms with Crippen molar-refractivity contribution in [2.45, 2.75) is 0 Å². The number of para-hydroxylation sites is 5. The molecule has 0 aliphatic heterocycles. The fourth-order valence-corrected chi connectivity index (χ4v) is 10.3. The second-order valence-corrected chi connectivity index (χ2v) is 15.2. The number of fused-ring (bicyclic) bond motifs is 9. The summed E-state index contributed by atoms with van der Waals surface area (Å²) < 4.78 is 7.35. The van der Waals surface area contributed by atoms with Crippen LogP contribution in [-0.4, -0.2) is 33.6 Å². The Morgan fingerprint density at radius 1 is 0.451 bits per heavy atom. The van der Waals surface area contributed by atoms with E-state index in [9.17, 15) is 0 Å². The third-order valence-electron chi connectivity index (χ3n) is 10.2. The number of hydrogen-bond acceptors (Lipinski definition) is 2. The third-order valence-corrected chi connectivity index (χ3v) is 12.6. The zero-order valence-corrected chi connectivity index (χ0v) is 29.1. The van der Waals surface area contributed by atoms with Crippen molar-refractivity contribution in [2.24, 2.45) is 0 Å². The minimum absolute atomic E-state index is 0.0647. The van der Waals surface area contributed by atoms with Crippen LogP contribution in [0.25, 0.3) is 96.9 Å². The van der Waals surface area contributed by atoms with E-state index in [-0.39, 0.29) is 14.5 Å². The van der Waals surface area contributed by atoms with Gasteiger partial charge in [0.2, 0.25) is 0 Å². The van der Waals surface area contributed by atoms with Gasteiger partial charge in [0.25, 0.3) is 0 Å². The molecule has 0 saturated heterocycles. The van der Waals surface area contributed by atoms with Crippen molar-refractivity contribution in [2.75, 3.05) is 0 Å². The van der Waals surface area contributed by atoms with Crippen molar-refractivity contribution < 1.29 is 0 Å². The van der Waals surface area contributed by atoms with E-state index < -0.39 is 0 Å². The second kappa shape index (κ2) is 11.1. The van der Waals surface area contributed by atoms with Crippen LogP contribution in [0, 0.1) is 0 Å². The van der Waals surface area contributed by atoms with E-state index >= 15 is 0 Å². The number of pyridine rings is 2. The molecule has 4 nitrogen and oxygen atoms in total. The molecule has 0 aliphatic carbocycles. The Morgan fingerprint density at radius 3 is 1.88 bits per heavy atom. The first-order valence-electron chi connectivity index (χ1n) is 17.2. The molecule has 0 saturated carbocycles.